The monoisotopic (exact) mass is 303 g/mol. The first kappa shape index (κ1) is 13.3. The minimum Gasteiger partial charge on any atom is -0.207 e. The van der Waals surface area contributed by atoms with E-state index < -0.39 is 15.8 Å². The topological polar surface area (TPSA) is 37.4 Å². The highest BCUT2D eigenvalue weighted by Crippen LogP contribution is 2.40. The average molecular weight is 304 g/mol. The Hall–Kier alpha value is -0.650. The minimum absolute atomic E-state index is 0.0575. The zero-order chi connectivity index (χ0) is 13.6. The molecule has 0 aromatic heterocycles. The van der Waals surface area contributed by atoms with E-state index in [9.17, 15) is 12.8 Å². The average Bonchev–Trinajstić information content (AvgIpc) is 3.00. The summed E-state index contributed by atoms with van der Waals surface area (Å²) in [6, 6.07) is 4.15. The summed E-state index contributed by atoms with van der Waals surface area (Å²) >= 11 is 5.62. The molecule has 1 heterocycles. The maximum Gasteiger partial charge on any atom is 0.246 e. The van der Waals surface area contributed by atoms with Crippen LogP contribution in [0.1, 0.15) is 24.8 Å². The molecule has 1 aromatic carbocycles. The largest absolute Gasteiger partial charge is 0.246 e. The number of sulfonamides is 1. The smallest absolute Gasteiger partial charge is 0.207 e. The van der Waals surface area contributed by atoms with Crippen LogP contribution in [0.3, 0.4) is 0 Å². The summed E-state index contributed by atoms with van der Waals surface area (Å²) in [5.74, 6) is -0.0862. The fourth-order valence-electron chi connectivity index (χ4n) is 3.14. The molecule has 0 radical (unpaired) electrons. The van der Waals surface area contributed by atoms with Crippen LogP contribution in [-0.2, 0) is 15.9 Å². The Labute approximate surface area is 117 Å². The Morgan fingerprint density at radius 1 is 1.37 bits per heavy atom. The molecule has 2 atom stereocenters. The van der Waals surface area contributed by atoms with E-state index in [-0.39, 0.29) is 16.8 Å². The number of rotatable bonds is 3. The highest BCUT2D eigenvalue weighted by molar-refractivity contribution is 7.89. The van der Waals surface area contributed by atoms with Crippen LogP contribution in [0.5, 0.6) is 0 Å². The van der Waals surface area contributed by atoms with Crippen molar-refractivity contribution in [3.05, 3.63) is 29.6 Å². The van der Waals surface area contributed by atoms with Gasteiger partial charge in [-0.2, -0.15) is 4.31 Å². The van der Waals surface area contributed by atoms with Gasteiger partial charge in [-0.05, 0) is 42.9 Å². The number of alkyl halides is 1. The zero-order valence-electron chi connectivity index (χ0n) is 10.4. The molecular weight excluding hydrogens is 289 g/mol. The number of hydrogen-bond donors (Lipinski definition) is 0. The van der Waals surface area contributed by atoms with Crippen molar-refractivity contribution < 1.29 is 12.8 Å². The highest BCUT2D eigenvalue weighted by Gasteiger charge is 2.44. The summed E-state index contributed by atoms with van der Waals surface area (Å²) in [5.41, 5.74) is 0.584. The summed E-state index contributed by atoms with van der Waals surface area (Å²) < 4.78 is 40.4. The molecule has 2 bridgehead atoms. The molecule has 3 nitrogen and oxygen atoms in total. The first-order valence-electron chi connectivity index (χ1n) is 6.38. The molecule has 2 aliphatic rings. The molecule has 3 rings (SSSR count). The number of fused-ring (bicyclic) bond motifs is 2. The van der Waals surface area contributed by atoms with E-state index in [1.165, 1.54) is 16.4 Å². The van der Waals surface area contributed by atoms with Gasteiger partial charge in [-0.3, -0.25) is 0 Å². The SMILES string of the molecule is O=S(=O)(c1ccc(CCl)cc1F)N1CC2CCC1C2. The van der Waals surface area contributed by atoms with Gasteiger partial charge in [0.15, 0.2) is 0 Å². The van der Waals surface area contributed by atoms with Crippen molar-refractivity contribution in [2.45, 2.75) is 36.1 Å². The molecule has 19 heavy (non-hydrogen) atoms. The maximum absolute atomic E-state index is 14.0. The molecule has 6 heteroatoms. The van der Waals surface area contributed by atoms with Crippen molar-refractivity contribution in [3.63, 3.8) is 0 Å². The van der Waals surface area contributed by atoms with Gasteiger partial charge >= 0.3 is 0 Å². The van der Waals surface area contributed by atoms with Crippen LogP contribution in [0.2, 0.25) is 0 Å². The first-order valence-corrected chi connectivity index (χ1v) is 8.36. The van der Waals surface area contributed by atoms with Crippen molar-refractivity contribution in [3.8, 4) is 0 Å². The summed E-state index contributed by atoms with van der Waals surface area (Å²) in [6.07, 6.45) is 2.90. The second kappa shape index (κ2) is 4.72. The molecule has 0 N–H and O–H groups in total. The maximum atomic E-state index is 14.0. The lowest BCUT2D eigenvalue weighted by Gasteiger charge is -2.26. The predicted molar refractivity (Wildman–Crippen MR) is 71.0 cm³/mol. The number of piperidine rings is 1. The van der Waals surface area contributed by atoms with Crippen molar-refractivity contribution >= 4 is 21.6 Å². The quantitative estimate of drug-likeness (QED) is 0.805. The predicted octanol–water partition coefficient (Wildman–Crippen LogP) is 2.74. The Kier molecular flexibility index (Phi) is 3.31. The molecule has 0 spiro atoms. The third-order valence-corrected chi connectivity index (χ3v) is 6.36. The van der Waals surface area contributed by atoms with Crippen molar-refractivity contribution in [2.24, 2.45) is 5.92 Å². The van der Waals surface area contributed by atoms with Gasteiger partial charge in [0, 0.05) is 18.5 Å². The lowest BCUT2D eigenvalue weighted by atomic mass is 10.1. The van der Waals surface area contributed by atoms with Crippen molar-refractivity contribution in [2.75, 3.05) is 6.54 Å². The summed E-state index contributed by atoms with van der Waals surface area (Å²) in [7, 11) is -3.71. The second-order valence-corrected chi connectivity index (χ2v) is 7.43. The van der Waals surface area contributed by atoms with Gasteiger partial charge in [0.05, 0.1) is 0 Å². The Morgan fingerprint density at radius 2 is 2.16 bits per heavy atom. The molecule has 1 saturated heterocycles. The normalized spacial score (nSPS) is 27.1. The van der Waals surface area contributed by atoms with Gasteiger partial charge in [0.25, 0.3) is 0 Å². The molecule has 1 aromatic rings. The zero-order valence-corrected chi connectivity index (χ0v) is 11.9. The summed E-state index contributed by atoms with van der Waals surface area (Å²) in [5, 5.41) is 0. The van der Waals surface area contributed by atoms with Gasteiger partial charge in [0.1, 0.15) is 10.7 Å². The van der Waals surface area contributed by atoms with Crippen molar-refractivity contribution in [1.82, 2.24) is 4.31 Å². The van der Waals surface area contributed by atoms with E-state index in [1.807, 2.05) is 0 Å². The highest BCUT2D eigenvalue weighted by atomic mass is 35.5. The van der Waals surface area contributed by atoms with E-state index in [2.05, 4.69) is 0 Å². The molecule has 104 valence electrons. The first-order chi connectivity index (χ1) is 9.02. The van der Waals surface area contributed by atoms with Crippen LogP contribution in [-0.4, -0.2) is 25.3 Å². The Bertz CT molecular complexity index is 605. The summed E-state index contributed by atoms with van der Waals surface area (Å²) in [4.78, 5) is -0.228. The number of halogens is 2. The fraction of sp³-hybridized carbons (Fsp3) is 0.538. The number of hydrogen-bond acceptors (Lipinski definition) is 2. The van der Waals surface area contributed by atoms with Gasteiger partial charge in [-0.25, -0.2) is 12.8 Å². The molecule has 1 saturated carbocycles. The second-order valence-electron chi connectivity index (χ2n) is 5.31. The van der Waals surface area contributed by atoms with E-state index in [1.54, 1.807) is 6.07 Å². The van der Waals surface area contributed by atoms with Gasteiger partial charge in [-0.1, -0.05) is 6.07 Å². The minimum atomic E-state index is -3.71. The lowest BCUT2D eigenvalue weighted by molar-refractivity contribution is 0.332. The van der Waals surface area contributed by atoms with Gasteiger partial charge in [0.2, 0.25) is 10.0 Å². The lowest BCUT2D eigenvalue weighted by Crippen LogP contribution is -2.38. The molecule has 1 aliphatic heterocycles. The van der Waals surface area contributed by atoms with Gasteiger partial charge < -0.3 is 0 Å². The molecule has 0 amide bonds. The third-order valence-electron chi connectivity index (χ3n) is 4.10. The van der Waals surface area contributed by atoms with Crippen LogP contribution < -0.4 is 0 Å². The van der Waals surface area contributed by atoms with Crippen LogP contribution in [0.25, 0.3) is 0 Å². The Morgan fingerprint density at radius 3 is 2.68 bits per heavy atom. The van der Waals surface area contributed by atoms with Crippen LogP contribution in [0.4, 0.5) is 4.39 Å². The van der Waals surface area contributed by atoms with E-state index in [0.717, 1.165) is 19.3 Å². The van der Waals surface area contributed by atoms with E-state index in [0.29, 0.717) is 18.0 Å². The molecule has 1 aliphatic carbocycles. The standard InChI is InChI=1S/C13H15ClFNO2S/c14-7-9-2-4-13(12(15)6-9)19(17,18)16-8-10-1-3-11(16)5-10/h2,4,6,10-11H,1,3,5,7-8H2. The van der Waals surface area contributed by atoms with Crippen molar-refractivity contribution in [1.29, 1.82) is 0 Å². The number of nitrogens with zero attached hydrogens (tertiary/aromatic N) is 1. The van der Waals surface area contributed by atoms with Crippen LogP contribution in [0.15, 0.2) is 23.1 Å². The number of benzene rings is 1. The van der Waals surface area contributed by atoms with E-state index in [4.69, 9.17) is 11.6 Å². The third kappa shape index (κ3) is 2.18. The van der Waals surface area contributed by atoms with E-state index >= 15 is 0 Å². The molecular formula is C13H15ClFNO2S. The molecule has 2 fully saturated rings. The summed E-state index contributed by atoms with van der Waals surface area (Å²) in [6.45, 7) is 0.531. The van der Waals surface area contributed by atoms with Crippen LogP contribution in [0, 0.1) is 11.7 Å². The van der Waals surface area contributed by atoms with Crippen LogP contribution >= 0.6 is 11.6 Å². The fourth-order valence-corrected chi connectivity index (χ4v) is 5.09. The Balaban J connectivity index is 1.96. The molecule has 2 unspecified atom stereocenters. The van der Waals surface area contributed by atoms with Gasteiger partial charge in [-0.15, -0.1) is 11.6 Å².